The number of imidazole rings is 1. The lowest BCUT2D eigenvalue weighted by atomic mass is 10.1. The highest BCUT2D eigenvalue weighted by Crippen LogP contribution is 2.64. The van der Waals surface area contributed by atoms with E-state index in [1.807, 2.05) is 4.57 Å². The lowest BCUT2D eigenvalue weighted by Crippen LogP contribution is -2.10. The van der Waals surface area contributed by atoms with Crippen LogP contribution in [0.1, 0.15) is 57.1 Å². The Morgan fingerprint density at radius 2 is 1.28 bits per heavy atom. The quantitative estimate of drug-likeness (QED) is 0.0540. The van der Waals surface area contributed by atoms with Crippen molar-refractivity contribution in [2.75, 3.05) is 12.3 Å². The van der Waals surface area contributed by atoms with Crippen LogP contribution in [0, 0.1) is 5.92 Å². The molecule has 4 aromatic carbocycles. The van der Waals surface area contributed by atoms with Gasteiger partial charge in [0, 0.05) is 6.04 Å². The zero-order valence-electron chi connectivity index (χ0n) is 30.2. The predicted octanol–water partition coefficient (Wildman–Crippen LogP) is 7.86. The number of anilines is 1. The van der Waals surface area contributed by atoms with Crippen LogP contribution in [0.4, 0.5) is 5.95 Å². The van der Waals surface area contributed by atoms with E-state index in [4.69, 9.17) is 33.1 Å². The molecule has 18 heteroatoms. The summed E-state index contributed by atoms with van der Waals surface area (Å²) in [7, 11) is -9.84. The lowest BCUT2D eigenvalue weighted by molar-refractivity contribution is 0.0725. The van der Waals surface area contributed by atoms with Gasteiger partial charge in [0.15, 0.2) is 5.65 Å². The monoisotopic (exact) mass is 813 g/mol. The second-order valence-electron chi connectivity index (χ2n) is 13.1. The van der Waals surface area contributed by atoms with Gasteiger partial charge in [0.25, 0.3) is 0 Å². The molecule has 0 aliphatic heterocycles. The van der Waals surface area contributed by atoms with Crippen molar-refractivity contribution in [2.24, 2.45) is 5.92 Å². The van der Waals surface area contributed by atoms with Gasteiger partial charge in [0.05, 0.1) is 43.5 Å². The van der Waals surface area contributed by atoms with E-state index in [0.717, 1.165) is 6.42 Å². The molecule has 0 bridgehead atoms. The second-order valence-corrected chi connectivity index (χ2v) is 16.3. The fourth-order valence-electron chi connectivity index (χ4n) is 6.09. The smallest absolute Gasteiger partial charge is 0.423 e. The largest absolute Gasteiger partial charge is 0.484 e. The molecule has 57 heavy (non-hydrogen) atoms. The summed E-state index contributed by atoms with van der Waals surface area (Å²) < 4.78 is 61.7. The lowest BCUT2D eigenvalue weighted by Gasteiger charge is -2.21. The topological polar surface area (TPSA) is 214 Å². The van der Waals surface area contributed by atoms with Crippen molar-refractivity contribution in [2.45, 2.75) is 38.5 Å². The van der Waals surface area contributed by atoms with Gasteiger partial charge < -0.3 is 24.7 Å². The molecule has 16 nitrogen and oxygen atoms in total. The number of ether oxygens (including phenoxy) is 2. The minimum atomic E-state index is -5.03. The van der Waals surface area contributed by atoms with Gasteiger partial charge in [0.1, 0.15) is 17.0 Å². The van der Waals surface area contributed by atoms with E-state index in [-0.39, 0.29) is 49.2 Å². The van der Waals surface area contributed by atoms with Gasteiger partial charge in [-0.2, -0.15) is 9.29 Å². The third-order valence-corrected chi connectivity index (χ3v) is 12.0. The minimum Gasteiger partial charge on any atom is -0.423 e. The number of hydrogen-bond acceptors (Lipinski definition) is 14. The first-order chi connectivity index (χ1) is 27.5. The molecule has 7 rings (SSSR count). The van der Waals surface area contributed by atoms with E-state index in [1.54, 1.807) is 97.5 Å². The SMILES string of the molecule is Nc1ncc2ncn([C@H]3CC[C@@H](COP(=O)(O)OP(=O)(OCc4ccc(OC(=O)c5ccccc5)cc4)OCc4ccc(OC(=O)c5ccccc5)cc4)C3)c2n1. The molecule has 0 amide bonds. The highest BCUT2D eigenvalue weighted by molar-refractivity contribution is 7.61. The van der Waals surface area contributed by atoms with Crippen molar-refractivity contribution in [3.05, 3.63) is 144 Å². The van der Waals surface area contributed by atoms with E-state index >= 15 is 0 Å². The number of fused-ring (bicyclic) bond motifs is 1. The highest BCUT2D eigenvalue weighted by atomic mass is 31.3. The van der Waals surface area contributed by atoms with E-state index in [1.165, 1.54) is 24.3 Å². The van der Waals surface area contributed by atoms with Crippen LogP contribution in [0.15, 0.2) is 122 Å². The molecule has 2 aromatic heterocycles. The average Bonchev–Trinajstić information content (AvgIpc) is 3.87. The van der Waals surface area contributed by atoms with Crippen LogP contribution in [0.3, 0.4) is 0 Å². The van der Waals surface area contributed by atoms with Crippen LogP contribution in [0.5, 0.6) is 11.5 Å². The molecular formula is C39H37N5O11P2. The number of nitrogens with zero attached hydrogens (tertiary/aromatic N) is 4. The van der Waals surface area contributed by atoms with Crippen LogP contribution in [-0.4, -0.2) is 43.0 Å². The summed E-state index contributed by atoms with van der Waals surface area (Å²) in [4.78, 5) is 48.3. The number of rotatable bonds is 16. The fourth-order valence-corrected chi connectivity index (χ4v) is 8.75. The number of carbonyl (C=O) groups excluding carboxylic acids is 2. The Labute approximate surface area is 326 Å². The van der Waals surface area contributed by atoms with E-state index in [9.17, 15) is 23.6 Å². The maximum absolute atomic E-state index is 14.0. The molecule has 2 heterocycles. The summed E-state index contributed by atoms with van der Waals surface area (Å²) in [6.45, 7) is -0.939. The molecule has 0 radical (unpaired) electrons. The number of hydrogen-bond donors (Lipinski definition) is 2. The molecular weight excluding hydrogens is 776 g/mol. The number of nitrogens with two attached hydrogens (primary N) is 1. The van der Waals surface area contributed by atoms with Crippen molar-refractivity contribution < 1.29 is 51.0 Å². The van der Waals surface area contributed by atoms with Crippen molar-refractivity contribution >= 4 is 44.7 Å². The Hall–Kier alpha value is -5.57. The van der Waals surface area contributed by atoms with Gasteiger partial charge >= 0.3 is 27.6 Å². The van der Waals surface area contributed by atoms with Gasteiger partial charge in [-0.1, -0.05) is 60.7 Å². The molecule has 3 atom stereocenters. The van der Waals surface area contributed by atoms with Crippen molar-refractivity contribution in [3.8, 4) is 11.5 Å². The highest BCUT2D eigenvalue weighted by Gasteiger charge is 2.40. The first-order valence-corrected chi connectivity index (χ1v) is 20.7. The minimum absolute atomic E-state index is 0.0174. The van der Waals surface area contributed by atoms with Gasteiger partial charge in [-0.05, 0) is 84.8 Å². The molecule has 1 fully saturated rings. The molecule has 1 aliphatic carbocycles. The zero-order chi connectivity index (χ0) is 39.8. The first-order valence-electron chi connectivity index (χ1n) is 17.8. The fraction of sp³-hybridized carbons (Fsp3) is 0.205. The molecule has 6 aromatic rings. The Balaban J connectivity index is 0.988. The summed E-state index contributed by atoms with van der Waals surface area (Å²) in [6.07, 6.45) is 5.16. The number of phosphoric acid groups is 2. The third-order valence-electron chi connectivity index (χ3n) is 8.98. The number of aromatic nitrogens is 4. The van der Waals surface area contributed by atoms with Crippen LogP contribution < -0.4 is 15.2 Å². The third kappa shape index (κ3) is 10.6. The summed E-state index contributed by atoms with van der Waals surface area (Å²) >= 11 is 0. The number of nitrogen functional groups attached to an aromatic ring is 1. The predicted molar refractivity (Wildman–Crippen MR) is 206 cm³/mol. The van der Waals surface area contributed by atoms with Gasteiger partial charge in [0.2, 0.25) is 5.95 Å². The van der Waals surface area contributed by atoms with Crippen LogP contribution in [0.25, 0.3) is 11.2 Å². The number of benzene rings is 4. The number of carbonyl (C=O) groups is 2. The summed E-state index contributed by atoms with van der Waals surface area (Å²) in [5, 5.41) is 0. The standard InChI is InChI=1S/C39H37N5O11P2/c40-39-41-22-35-36(43-39)44(26-42-35)32-16-11-29(21-32)25-50-56(47,48)55-57(49,51-23-27-12-17-33(18-13-27)53-37(45)30-7-3-1-4-8-30)52-24-28-14-19-34(20-15-28)54-38(46)31-9-5-2-6-10-31/h1-10,12-15,17-20,22,26,29,32H,11,16,21,23-25H2,(H,47,48)(H2,40,41,43)/t29-,32+/m1/s1. The molecule has 0 spiro atoms. The normalized spacial score (nSPS) is 16.6. The second kappa shape index (κ2) is 17.7. The Kier molecular flexibility index (Phi) is 12.3. The molecule has 1 saturated carbocycles. The van der Waals surface area contributed by atoms with Crippen molar-refractivity contribution in [1.82, 2.24) is 19.5 Å². The first kappa shape index (κ1) is 39.7. The Morgan fingerprint density at radius 3 is 1.82 bits per heavy atom. The van der Waals surface area contributed by atoms with Crippen LogP contribution in [0.2, 0.25) is 0 Å². The van der Waals surface area contributed by atoms with Crippen molar-refractivity contribution in [1.29, 1.82) is 0 Å². The van der Waals surface area contributed by atoms with Gasteiger partial charge in [-0.15, -0.1) is 0 Å². The summed E-state index contributed by atoms with van der Waals surface area (Å²) in [6, 6.07) is 29.2. The number of esters is 2. The molecule has 294 valence electrons. The molecule has 1 aliphatic rings. The zero-order valence-corrected chi connectivity index (χ0v) is 32.0. The van der Waals surface area contributed by atoms with Crippen molar-refractivity contribution in [3.63, 3.8) is 0 Å². The average molecular weight is 814 g/mol. The van der Waals surface area contributed by atoms with Crippen LogP contribution >= 0.6 is 15.6 Å². The molecule has 0 saturated heterocycles. The van der Waals surface area contributed by atoms with E-state index < -0.39 is 27.6 Å². The Morgan fingerprint density at radius 1 is 0.737 bits per heavy atom. The summed E-state index contributed by atoms with van der Waals surface area (Å²) in [5.74, 6) is -0.618. The maximum Gasteiger partial charge on any atom is 0.484 e. The number of phosphoric ester groups is 2. The van der Waals surface area contributed by atoms with E-state index in [2.05, 4.69) is 15.0 Å². The maximum atomic E-state index is 14.0. The van der Waals surface area contributed by atoms with Gasteiger partial charge in [-0.25, -0.2) is 28.7 Å². The van der Waals surface area contributed by atoms with E-state index in [0.29, 0.717) is 46.3 Å². The summed E-state index contributed by atoms with van der Waals surface area (Å²) in [5.41, 5.74) is 8.62. The van der Waals surface area contributed by atoms with Gasteiger partial charge in [-0.3, -0.25) is 13.6 Å². The molecule has 1 unspecified atom stereocenters. The van der Waals surface area contributed by atoms with Crippen LogP contribution in [-0.2, 0) is 40.2 Å². The Bertz CT molecular complexity index is 2310. The molecule has 3 N–H and O–H groups in total.